The summed E-state index contributed by atoms with van der Waals surface area (Å²) >= 11 is 0. The second-order valence-electron chi connectivity index (χ2n) is 11.4. The van der Waals surface area contributed by atoms with Crippen LogP contribution in [0, 0.1) is 40.5 Å². The number of hydrogen-bond donors (Lipinski definition) is 2. The molecule has 0 saturated heterocycles. The molecule has 0 aliphatic carbocycles. The Hall–Kier alpha value is -3.84. The summed E-state index contributed by atoms with van der Waals surface area (Å²) in [6.45, 7) is 15.8. The first-order chi connectivity index (χ1) is 19.4. The number of nitrogens with zero attached hydrogens (tertiary/aromatic N) is 2. The molecule has 4 N–H and O–H groups in total. The molecule has 1 amide bonds. The van der Waals surface area contributed by atoms with E-state index in [-0.39, 0.29) is 17.8 Å². The topological polar surface area (TPSA) is 102 Å². The van der Waals surface area contributed by atoms with E-state index < -0.39 is 5.92 Å². The van der Waals surface area contributed by atoms with Crippen molar-refractivity contribution in [1.29, 1.82) is 0 Å². The Morgan fingerprint density at radius 2 is 1.63 bits per heavy atom. The van der Waals surface area contributed by atoms with Crippen LogP contribution in [0.2, 0.25) is 0 Å². The lowest BCUT2D eigenvalue weighted by Gasteiger charge is -2.32. The average molecular weight is 557 g/mol. The van der Waals surface area contributed by atoms with Gasteiger partial charge in [-0.05, 0) is 104 Å². The molecule has 0 bridgehead atoms. The van der Waals surface area contributed by atoms with Crippen molar-refractivity contribution in [3.63, 3.8) is 0 Å². The third-order valence-electron chi connectivity index (χ3n) is 9.06. The van der Waals surface area contributed by atoms with Crippen LogP contribution in [0.4, 0.5) is 11.4 Å². The van der Waals surface area contributed by atoms with Gasteiger partial charge in [0, 0.05) is 31.1 Å². The number of benzene rings is 3. The van der Waals surface area contributed by atoms with E-state index in [1.165, 1.54) is 12.7 Å². The fourth-order valence-electron chi connectivity index (χ4n) is 6.19. The maximum absolute atomic E-state index is 13.9. The van der Waals surface area contributed by atoms with Crippen LogP contribution in [0.25, 0.3) is 0 Å². The molecule has 0 aromatic heterocycles. The van der Waals surface area contributed by atoms with E-state index in [4.69, 9.17) is 16.3 Å². The Kier molecular flexibility index (Phi) is 8.78. The fraction of sp³-hybridized carbons (Fsp3) is 0.412. The number of aryl methyl sites for hydroxylation is 2. The number of anilines is 2. The van der Waals surface area contributed by atoms with Gasteiger partial charge in [-0.3, -0.25) is 9.59 Å². The highest BCUT2D eigenvalue weighted by Gasteiger charge is 2.32. The Morgan fingerprint density at radius 1 is 0.976 bits per heavy atom. The van der Waals surface area contributed by atoms with E-state index in [9.17, 15) is 9.59 Å². The number of carbonyl (C=O) groups is 2. The van der Waals surface area contributed by atoms with Crippen molar-refractivity contribution in [3.8, 4) is 0 Å². The van der Waals surface area contributed by atoms with Crippen molar-refractivity contribution in [2.24, 2.45) is 11.8 Å². The quantitative estimate of drug-likeness (QED) is 0.169. The van der Waals surface area contributed by atoms with Crippen LogP contribution in [0.5, 0.6) is 0 Å². The number of carbonyl (C=O) groups excluding carboxylic acids is 2. The van der Waals surface area contributed by atoms with Gasteiger partial charge in [-0.15, -0.1) is 0 Å². The molecule has 218 valence electrons. The van der Waals surface area contributed by atoms with Gasteiger partial charge < -0.3 is 20.4 Å². The summed E-state index contributed by atoms with van der Waals surface area (Å²) in [5, 5.41) is 1.62. The molecule has 2 unspecified atom stereocenters. The fourth-order valence-corrected chi connectivity index (χ4v) is 6.19. The first-order valence-corrected chi connectivity index (χ1v) is 14.4. The van der Waals surface area contributed by atoms with Crippen molar-refractivity contribution in [3.05, 3.63) is 92.0 Å². The lowest BCUT2D eigenvalue weighted by molar-refractivity contribution is -0.145. The Labute approximate surface area is 244 Å². The normalized spacial score (nSPS) is 14.3. The number of esters is 1. The number of ether oxygens (including phenoxy) is 1. The van der Waals surface area contributed by atoms with Crippen molar-refractivity contribution in [1.82, 2.24) is 4.90 Å². The van der Waals surface area contributed by atoms with Gasteiger partial charge in [0.05, 0.1) is 24.4 Å². The standard InChI is InChI=1S/C34H44N4O3/c1-9-38(36)29-13-12-28(23(6)32(29)35)31(24(7)34(40)41-8)26-11-10-25-14-15-37(18-27(25)17-26)33(39)30-21(4)19(2)16-20(3)22(30)5/h10-13,16-17,24,31H,9,14-15,18,35-36H2,1-8H3. The zero-order valence-electron chi connectivity index (χ0n) is 25.7. The third kappa shape index (κ3) is 5.55. The minimum Gasteiger partial charge on any atom is -0.469 e. The molecule has 3 aromatic rings. The van der Waals surface area contributed by atoms with Gasteiger partial charge in [0.25, 0.3) is 5.91 Å². The van der Waals surface area contributed by atoms with Crippen molar-refractivity contribution < 1.29 is 14.3 Å². The second-order valence-corrected chi connectivity index (χ2v) is 11.4. The number of nitrogens with two attached hydrogens (primary N) is 2. The molecule has 41 heavy (non-hydrogen) atoms. The van der Waals surface area contributed by atoms with E-state index in [2.05, 4.69) is 38.1 Å². The van der Waals surface area contributed by atoms with E-state index in [0.29, 0.717) is 25.3 Å². The minimum atomic E-state index is -0.455. The molecule has 1 aliphatic rings. The number of fused-ring (bicyclic) bond motifs is 1. The van der Waals surface area contributed by atoms with Gasteiger partial charge in [-0.25, -0.2) is 5.84 Å². The van der Waals surface area contributed by atoms with Gasteiger partial charge in [-0.1, -0.05) is 37.3 Å². The summed E-state index contributed by atoms with van der Waals surface area (Å²) in [5.41, 5.74) is 18.3. The smallest absolute Gasteiger partial charge is 0.309 e. The monoisotopic (exact) mass is 556 g/mol. The van der Waals surface area contributed by atoms with E-state index in [1.54, 1.807) is 5.01 Å². The van der Waals surface area contributed by atoms with Crippen LogP contribution in [-0.2, 0) is 22.5 Å². The minimum absolute atomic E-state index is 0.0730. The summed E-state index contributed by atoms with van der Waals surface area (Å²) in [5.74, 6) is 5.21. The number of methoxy groups -OCH3 is 1. The summed E-state index contributed by atoms with van der Waals surface area (Å²) < 4.78 is 5.19. The molecule has 3 aromatic carbocycles. The summed E-state index contributed by atoms with van der Waals surface area (Å²) in [6, 6.07) is 12.5. The zero-order chi connectivity index (χ0) is 30.2. The first-order valence-electron chi connectivity index (χ1n) is 14.4. The molecule has 7 heteroatoms. The number of hydrogen-bond acceptors (Lipinski definition) is 6. The molecule has 0 saturated carbocycles. The molecule has 7 nitrogen and oxygen atoms in total. The van der Waals surface area contributed by atoms with Crippen LogP contribution in [0.3, 0.4) is 0 Å². The number of nitrogen functional groups attached to an aromatic ring is 1. The lowest BCUT2D eigenvalue weighted by Crippen LogP contribution is -2.37. The predicted molar refractivity (Wildman–Crippen MR) is 166 cm³/mol. The predicted octanol–water partition coefficient (Wildman–Crippen LogP) is 5.65. The maximum Gasteiger partial charge on any atom is 0.309 e. The molecular formula is C34H44N4O3. The first kappa shape index (κ1) is 30.1. The van der Waals surface area contributed by atoms with Crippen LogP contribution in [-0.4, -0.2) is 37.0 Å². The van der Waals surface area contributed by atoms with Gasteiger partial charge in [-0.2, -0.15) is 0 Å². The molecule has 0 spiro atoms. The Bertz CT molecular complexity index is 1470. The van der Waals surface area contributed by atoms with Gasteiger partial charge >= 0.3 is 5.97 Å². The molecule has 0 radical (unpaired) electrons. The Morgan fingerprint density at radius 3 is 2.24 bits per heavy atom. The second kappa shape index (κ2) is 12.0. The van der Waals surface area contributed by atoms with Gasteiger partial charge in [0.1, 0.15) is 0 Å². The molecule has 1 aliphatic heterocycles. The Balaban J connectivity index is 1.76. The number of hydrazine groups is 1. The van der Waals surface area contributed by atoms with Crippen LogP contribution in [0.1, 0.15) is 80.2 Å². The van der Waals surface area contributed by atoms with Crippen molar-refractivity contribution in [2.45, 2.75) is 67.3 Å². The summed E-state index contributed by atoms with van der Waals surface area (Å²) in [6.07, 6.45) is 0.783. The molecular weight excluding hydrogens is 512 g/mol. The SMILES string of the molecule is CCN(N)c1ccc(C(c2ccc3c(c2)CN(C(=O)c2c(C)c(C)cc(C)c2C)CC3)C(C)C(=O)OC)c(C)c1N. The van der Waals surface area contributed by atoms with E-state index in [0.717, 1.165) is 62.2 Å². The largest absolute Gasteiger partial charge is 0.469 e. The van der Waals surface area contributed by atoms with Gasteiger partial charge in [0.2, 0.25) is 0 Å². The molecule has 0 fully saturated rings. The van der Waals surface area contributed by atoms with Crippen molar-refractivity contribution in [2.75, 3.05) is 30.9 Å². The highest BCUT2D eigenvalue weighted by molar-refractivity contribution is 5.98. The number of rotatable bonds is 7. The van der Waals surface area contributed by atoms with E-state index >= 15 is 0 Å². The highest BCUT2D eigenvalue weighted by atomic mass is 16.5. The highest BCUT2D eigenvalue weighted by Crippen LogP contribution is 2.40. The average Bonchev–Trinajstić information content (AvgIpc) is 2.97. The maximum atomic E-state index is 13.9. The van der Waals surface area contributed by atoms with Crippen LogP contribution in [0.15, 0.2) is 36.4 Å². The lowest BCUT2D eigenvalue weighted by atomic mass is 9.78. The third-order valence-corrected chi connectivity index (χ3v) is 9.06. The summed E-state index contributed by atoms with van der Waals surface area (Å²) in [7, 11) is 1.42. The molecule has 1 heterocycles. The molecule has 2 atom stereocenters. The number of amides is 1. The van der Waals surface area contributed by atoms with Gasteiger partial charge in [0.15, 0.2) is 0 Å². The van der Waals surface area contributed by atoms with E-state index in [1.807, 2.05) is 51.7 Å². The van der Waals surface area contributed by atoms with Crippen LogP contribution >= 0.6 is 0 Å². The van der Waals surface area contributed by atoms with Crippen molar-refractivity contribution >= 4 is 23.3 Å². The summed E-state index contributed by atoms with van der Waals surface area (Å²) in [4.78, 5) is 28.7. The molecule has 4 rings (SSSR count). The van der Waals surface area contributed by atoms with Crippen LogP contribution < -0.4 is 16.6 Å². The zero-order valence-corrected chi connectivity index (χ0v) is 25.7.